The molecule has 68 valence electrons. The molecular weight excluding hydrogens is 251 g/mol. The van der Waals surface area contributed by atoms with Crippen LogP contribution in [0.25, 0.3) is 6.08 Å². The van der Waals surface area contributed by atoms with Gasteiger partial charge in [-0.05, 0) is 27.6 Å². The second-order valence-corrected chi connectivity index (χ2v) is 4.79. The summed E-state index contributed by atoms with van der Waals surface area (Å²) in [6.45, 7) is 0. The first-order valence-corrected chi connectivity index (χ1v) is 5.15. The first kappa shape index (κ1) is 9.25. The molecule has 0 amide bonds. The molecule has 1 aromatic rings. The van der Waals surface area contributed by atoms with Gasteiger partial charge in [-0.1, -0.05) is 35.9 Å². The second-order valence-electron chi connectivity index (χ2n) is 3.07. The van der Waals surface area contributed by atoms with E-state index in [9.17, 15) is 5.11 Å². The molecule has 0 saturated carbocycles. The van der Waals surface area contributed by atoms with Crippen molar-refractivity contribution >= 4 is 33.6 Å². The minimum atomic E-state index is -1.00. The van der Waals surface area contributed by atoms with Gasteiger partial charge in [-0.25, -0.2) is 0 Å². The van der Waals surface area contributed by atoms with Crippen LogP contribution in [0.15, 0.2) is 24.3 Å². The zero-order chi connectivity index (χ0) is 9.47. The molecule has 0 fully saturated rings. The van der Waals surface area contributed by atoms with Crippen molar-refractivity contribution in [1.82, 2.24) is 0 Å². The summed E-state index contributed by atoms with van der Waals surface area (Å²) in [6, 6.07) is 5.59. The lowest BCUT2D eigenvalue weighted by atomic mass is 9.95. The SMILES string of the molecule is OC1(Br)CC=Cc2cccc(Cl)c21. The molecule has 1 aliphatic rings. The fraction of sp³-hybridized carbons (Fsp3) is 0.200. The van der Waals surface area contributed by atoms with Crippen molar-refractivity contribution in [2.75, 3.05) is 0 Å². The maximum Gasteiger partial charge on any atom is 0.150 e. The molecule has 1 aliphatic carbocycles. The highest BCUT2D eigenvalue weighted by molar-refractivity contribution is 9.09. The number of rotatable bonds is 0. The van der Waals surface area contributed by atoms with Gasteiger partial charge in [0.1, 0.15) is 4.51 Å². The van der Waals surface area contributed by atoms with Gasteiger partial charge in [0.25, 0.3) is 0 Å². The van der Waals surface area contributed by atoms with E-state index in [1.54, 1.807) is 6.07 Å². The van der Waals surface area contributed by atoms with Crippen molar-refractivity contribution in [2.24, 2.45) is 0 Å². The molecule has 0 bridgehead atoms. The van der Waals surface area contributed by atoms with Gasteiger partial charge in [0.05, 0.1) is 0 Å². The van der Waals surface area contributed by atoms with Crippen molar-refractivity contribution in [3.8, 4) is 0 Å². The maximum absolute atomic E-state index is 9.99. The summed E-state index contributed by atoms with van der Waals surface area (Å²) >= 11 is 9.26. The molecule has 0 heterocycles. The molecule has 13 heavy (non-hydrogen) atoms. The Morgan fingerprint density at radius 1 is 1.46 bits per heavy atom. The van der Waals surface area contributed by atoms with E-state index in [0.29, 0.717) is 11.4 Å². The fourth-order valence-electron chi connectivity index (χ4n) is 1.53. The van der Waals surface area contributed by atoms with Gasteiger partial charge in [-0.3, -0.25) is 0 Å². The molecule has 0 saturated heterocycles. The average Bonchev–Trinajstić information content (AvgIpc) is 2.02. The third-order valence-electron chi connectivity index (χ3n) is 2.11. The van der Waals surface area contributed by atoms with Crippen molar-refractivity contribution in [1.29, 1.82) is 0 Å². The van der Waals surface area contributed by atoms with Crippen molar-refractivity contribution in [3.63, 3.8) is 0 Å². The van der Waals surface area contributed by atoms with Gasteiger partial charge < -0.3 is 5.11 Å². The van der Waals surface area contributed by atoms with Crippen molar-refractivity contribution in [2.45, 2.75) is 10.9 Å². The zero-order valence-corrected chi connectivity index (χ0v) is 9.14. The van der Waals surface area contributed by atoms with Crippen molar-refractivity contribution < 1.29 is 5.11 Å². The quantitative estimate of drug-likeness (QED) is 0.709. The molecule has 1 N–H and O–H groups in total. The highest BCUT2D eigenvalue weighted by atomic mass is 79.9. The second kappa shape index (κ2) is 3.12. The number of aliphatic hydroxyl groups is 1. The van der Waals surface area contributed by atoms with Crippen LogP contribution in [0.2, 0.25) is 5.02 Å². The zero-order valence-electron chi connectivity index (χ0n) is 6.80. The molecule has 1 nitrogen and oxygen atoms in total. The lowest BCUT2D eigenvalue weighted by Crippen LogP contribution is -2.20. The summed E-state index contributed by atoms with van der Waals surface area (Å²) in [4.78, 5) is 0. The van der Waals surface area contributed by atoms with Gasteiger partial charge in [0, 0.05) is 17.0 Å². The number of hydrogen-bond donors (Lipinski definition) is 1. The minimum absolute atomic E-state index is 0.545. The molecule has 1 aromatic carbocycles. The van der Waals surface area contributed by atoms with Gasteiger partial charge in [-0.2, -0.15) is 0 Å². The van der Waals surface area contributed by atoms with Gasteiger partial charge in [0.2, 0.25) is 0 Å². The van der Waals surface area contributed by atoms with E-state index >= 15 is 0 Å². The maximum atomic E-state index is 9.99. The van der Waals surface area contributed by atoms with E-state index in [1.807, 2.05) is 24.3 Å². The lowest BCUT2D eigenvalue weighted by Gasteiger charge is -2.26. The molecule has 0 aliphatic heterocycles. The monoisotopic (exact) mass is 258 g/mol. The highest BCUT2D eigenvalue weighted by Gasteiger charge is 2.30. The number of fused-ring (bicyclic) bond motifs is 1. The summed E-state index contributed by atoms with van der Waals surface area (Å²) in [5, 5.41) is 10.6. The minimum Gasteiger partial charge on any atom is -0.374 e. The Kier molecular flexibility index (Phi) is 2.22. The Bertz CT molecular complexity index is 371. The van der Waals surface area contributed by atoms with Gasteiger partial charge >= 0.3 is 0 Å². The molecule has 2 rings (SSSR count). The van der Waals surface area contributed by atoms with Gasteiger partial charge in [-0.15, -0.1) is 0 Å². The Hall–Kier alpha value is -0.310. The van der Waals surface area contributed by atoms with Crippen LogP contribution in [-0.4, -0.2) is 5.11 Å². The number of hydrogen-bond acceptors (Lipinski definition) is 1. The summed E-state index contributed by atoms with van der Waals surface area (Å²) in [6.07, 6.45) is 4.44. The van der Waals surface area contributed by atoms with Crippen molar-refractivity contribution in [3.05, 3.63) is 40.4 Å². The van der Waals surface area contributed by atoms with Crippen LogP contribution in [0.1, 0.15) is 17.5 Å². The number of alkyl halides is 1. The van der Waals surface area contributed by atoms with Crippen LogP contribution in [0.3, 0.4) is 0 Å². The fourth-order valence-corrected chi connectivity index (χ4v) is 2.61. The Morgan fingerprint density at radius 2 is 2.23 bits per heavy atom. The summed E-state index contributed by atoms with van der Waals surface area (Å²) in [5.41, 5.74) is 1.73. The third kappa shape index (κ3) is 1.54. The first-order chi connectivity index (χ1) is 6.11. The topological polar surface area (TPSA) is 20.2 Å². The highest BCUT2D eigenvalue weighted by Crippen LogP contribution is 2.42. The predicted octanol–water partition coefficient (Wildman–Crippen LogP) is 3.30. The Balaban J connectivity index is 2.69. The van der Waals surface area contributed by atoms with E-state index in [0.717, 1.165) is 11.1 Å². The standard InChI is InChI=1S/C10H8BrClO/c11-10(13)6-2-4-7-3-1-5-8(12)9(7)10/h1-5,13H,6H2. The Labute approximate surface area is 90.2 Å². The Morgan fingerprint density at radius 3 is 2.92 bits per heavy atom. The molecule has 1 atom stereocenters. The molecule has 1 unspecified atom stereocenters. The normalized spacial score (nSPS) is 25.8. The smallest absolute Gasteiger partial charge is 0.150 e. The molecule has 0 aromatic heterocycles. The van der Waals surface area contributed by atoms with Gasteiger partial charge in [0.15, 0.2) is 0 Å². The van der Waals surface area contributed by atoms with E-state index in [2.05, 4.69) is 15.9 Å². The van der Waals surface area contributed by atoms with Crippen LogP contribution in [0.4, 0.5) is 0 Å². The van der Waals surface area contributed by atoms with Crippen LogP contribution in [0, 0.1) is 0 Å². The first-order valence-electron chi connectivity index (χ1n) is 3.98. The summed E-state index contributed by atoms with van der Waals surface area (Å²) in [7, 11) is 0. The van der Waals surface area contributed by atoms with E-state index < -0.39 is 4.51 Å². The summed E-state index contributed by atoms with van der Waals surface area (Å²) < 4.78 is -1.00. The van der Waals surface area contributed by atoms with E-state index in [-0.39, 0.29) is 0 Å². The molecule has 0 spiro atoms. The molecule has 3 heteroatoms. The average molecular weight is 260 g/mol. The van der Waals surface area contributed by atoms with Crippen LogP contribution >= 0.6 is 27.5 Å². The van der Waals surface area contributed by atoms with Crippen LogP contribution in [0.5, 0.6) is 0 Å². The lowest BCUT2D eigenvalue weighted by molar-refractivity contribution is 0.148. The molecule has 0 radical (unpaired) electrons. The van der Waals surface area contributed by atoms with E-state index in [1.165, 1.54) is 0 Å². The third-order valence-corrected chi connectivity index (χ3v) is 3.15. The number of halogens is 2. The molecular formula is C10H8BrClO. The predicted molar refractivity (Wildman–Crippen MR) is 57.9 cm³/mol. The van der Waals surface area contributed by atoms with Crippen LogP contribution < -0.4 is 0 Å². The van der Waals surface area contributed by atoms with Crippen LogP contribution in [-0.2, 0) is 4.51 Å². The largest absolute Gasteiger partial charge is 0.374 e. The number of benzene rings is 1. The summed E-state index contributed by atoms with van der Waals surface area (Å²) in [5.74, 6) is 0. The van der Waals surface area contributed by atoms with E-state index in [4.69, 9.17) is 11.6 Å².